The van der Waals surface area contributed by atoms with E-state index in [2.05, 4.69) is 109 Å². The standard InChI is InChI=1S/C35H38O2/c1-3-12-29(13-4-1)16-10-22-36-27-35(28-37-23-11-17-30-14-5-2-6-15-30)25-31(26-35)24-33-20-9-19-32-18-7-8-21-34(32)33/h1-9,12-15,18-21,24H,10-11,16-17,22-23,25-28H2. The molecule has 2 nitrogen and oxygen atoms in total. The van der Waals surface area contributed by atoms with E-state index in [1.807, 2.05) is 0 Å². The van der Waals surface area contributed by atoms with Crippen LogP contribution >= 0.6 is 0 Å². The van der Waals surface area contributed by atoms with Crippen LogP contribution in [0.25, 0.3) is 16.8 Å². The van der Waals surface area contributed by atoms with Gasteiger partial charge in [0.05, 0.1) is 13.2 Å². The van der Waals surface area contributed by atoms with E-state index in [-0.39, 0.29) is 5.41 Å². The van der Waals surface area contributed by atoms with Gasteiger partial charge < -0.3 is 9.47 Å². The van der Waals surface area contributed by atoms with Crippen molar-refractivity contribution in [3.8, 4) is 0 Å². The van der Waals surface area contributed by atoms with Gasteiger partial charge in [-0.1, -0.05) is 115 Å². The van der Waals surface area contributed by atoms with Crippen LogP contribution in [0, 0.1) is 5.41 Å². The minimum absolute atomic E-state index is 0.0932. The Balaban J connectivity index is 1.15. The average Bonchev–Trinajstić information content (AvgIpc) is 2.93. The number of rotatable bonds is 13. The lowest BCUT2D eigenvalue weighted by molar-refractivity contribution is -0.0443. The number of allylic oxidation sites excluding steroid dienone is 1. The normalized spacial score (nSPS) is 14.4. The predicted molar refractivity (Wildman–Crippen MR) is 155 cm³/mol. The zero-order valence-corrected chi connectivity index (χ0v) is 21.8. The largest absolute Gasteiger partial charge is 0.381 e. The maximum absolute atomic E-state index is 6.25. The molecule has 4 aromatic rings. The van der Waals surface area contributed by atoms with E-state index in [1.54, 1.807) is 0 Å². The maximum atomic E-state index is 6.25. The van der Waals surface area contributed by atoms with Crippen LogP contribution < -0.4 is 0 Å². The van der Waals surface area contributed by atoms with E-state index in [1.165, 1.54) is 33.0 Å². The minimum Gasteiger partial charge on any atom is -0.381 e. The van der Waals surface area contributed by atoms with E-state index in [4.69, 9.17) is 9.47 Å². The summed E-state index contributed by atoms with van der Waals surface area (Å²) in [5, 5.41) is 2.62. The summed E-state index contributed by atoms with van der Waals surface area (Å²) in [6, 6.07) is 36.6. The summed E-state index contributed by atoms with van der Waals surface area (Å²) in [5.74, 6) is 0. The van der Waals surface area contributed by atoms with Gasteiger partial charge >= 0.3 is 0 Å². The fourth-order valence-electron chi connectivity index (χ4n) is 5.48. The average molecular weight is 491 g/mol. The Morgan fingerprint density at radius 1 is 0.595 bits per heavy atom. The predicted octanol–water partition coefficient (Wildman–Crippen LogP) is 8.30. The highest BCUT2D eigenvalue weighted by atomic mass is 16.5. The van der Waals surface area contributed by atoms with Crippen LogP contribution in [0.2, 0.25) is 0 Å². The summed E-state index contributed by atoms with van der Waals surface area (Å²) in [6.07, 6.45) is 8.73. The first kappa shape index (κ1) is 25.4. The van der Waals surface area contributed by atoms with Crippen molar-refractivity contribution in [1.82, 2.24) is 0 Å². The van der Waals surface area contributed by atoms with Gasteiger partial charge in [-0.25, -0.2) is 0 Å². The molecule has 1 saturated carbocycles. The molecule has 0 saturated heterocycles. The van der Waals surface area contributed by atoms with Crippen LogP contribution in [0.4, 0.5) is 0 Å². The van der Waals surface area contributed by atoms with Gasteiger partial charge in [0.15, 0.2) is 0 Å². The van der Waals surface area contributed by atoms with Crippen molar-refractivity contribution in [1.29, 1.82) is 0 Å². The fourth-order valence-corrected chi connectivity index (χ4v) is 5.48. The van der Waals surface area contributed by atoms with Gasteiger partial charge in [0, 0.05) is 18.6 Å². The van der Waals surface area contributed by atoms with E-state index in [0.717, 1.165) is 65.0 Å². The monoisotopic (exact) mass is 490 g/mol. The summed E-state index contributed by atoms with van der Waals surface area (Å²) < 4.78 is 12.5. The van der Waals surface area contributed by atoms with Crippen LogP contribution in [0.3, 0.4) is 0 Å². The molecule has 2 heteroatoms. The molecular formula is C35H38O2. The molecule has 0 amide bonds. The Morgan fingerprint density at radius 2 is 1.14 bits per heavy atom. The maximum Gasteiger partial charge on any atom is 0.0550 e. The number of benzene rings is 4. The number of hydrogen-bond acceptors (Lipinski definition) is 2. The highest BCUT2D eigenvalue weighted by molar-refractivity contribution is 5.91. The molecule has 1 aliphatic carbocycles. The summed E-state index contributed by atoms with van der Waals surface area (Å²) >= 11 is 0. The molecular weight excluding hydrogens is 452 g/mol. The summed E-state index contributed by atoms with van der Waals surface area (Å²) in [7, 11) is 0. The van der Waals surface area contributed by atoms with Crippen molar-refractivity contribution in [2.75, 3.05) is 26.4 Å². The van der Waals surface area contributed by atoms with Gasteiger partial charge in [0.2, 0.25) is 0 Å². The van der Waals surface area contributed by atoms with Crippen molar-refractivity contribution in [2.24, 2.45) is 5.41 Å². The zero-order valence-electron chi connectivity index (χ0n) is 21.8. The second-order valence-corrected chi connectivity index (χ2v) is 10.5. The molecule has 0 unspecified atom stereocenters. The molecule has 0 atom stereocenters. The Morgan fingerprint density at radius 3 is 1.76 bits per heavy atom. The molecule has 0 bridgehead atoms. The smallest absolute Gasteiger partial charge is 0.0550 e. The van der Waals surface area contributed by atoms with E-state index in [0.29, 0.717) is 0 Å². The lowest BCUT2D eigenvalue weighted by Gasteiger charge is -2.43. The second-order valence-electron chi connectivity index (χ2n) is 10.5. The lowest BCUT2D eigenvalue weighted by atomic mass is 9.66. The second kappa shape index (κ2) is 12.9. The Bertz CT molecular complexity index is 1210. The number of hydrogen-bond donors (Lipinski definition) is 0. The highest BCUT2D eigenvalue weighted by Gasteiger charge is 2.41. The molecule has 1 fully saturated rings. The minimum atomic E-state index is 0.0932. The molecule has 0 spiro atoms. The molecule has 0 aromatic heterocycles. The molecule has 4 aromatic carbocycles. The molecule has 0 radical (unpaired) electrons. The van der Waals surface area contributed by atoms with Crippen molar-refractivity contribution in [2.45, 2.75) is 38.5 Å². The SMILES string of the molecule is C(=C1CC(COCCCc2ccccc2)(COCCCc2ccccc2)C1)c1cccc2ccccc12. The number of aryl methyl sites for hydroxylation is 2. The van der Waals surface area contributed by atoms with E-state index in [9.17, 15) is 0 Å². The van der Waals surface area contributed by atoms with Crippen molar-refractivity contribution in [3.05, 3.63) is 125 Å². The third-order valence-electron chi connectivity index (χ3n) is 7.40. The van der Waals surface area contributed by atoms with Gasteiger partial charge in [0.25, 0.3) is 0 Å². The first-order valence-corrected chi connectivity index (χ1v) is 13.7. The van der Waals surface area contributed by atoms with Crippen molar-refractivity contribution < 1.29 is 9.47 Å². The molecule has 190 valence electrons. The van der Waals surface area contributed by atoms with Gasteiger partial charge in [-0.05, 0) is 66.0 Å². The van der Waals surface area contributed by atoms with E-state index >= 15 is 0 Å². The highest BCUT2D eigenvalue weighted by Crippen LogP contribution is 2.47. The molecule has 0 N–H and O–H groups in total. The summed E-state index contributed by atoms with van der Waals surface area (Å²) in [5.41, 5.74) is 5.67. The fraction of sp³-hybridized carbons (Fsp3) is 0.314. The Hall–Kier alpha value is -3.20. The summed E-state index contributed by atoms with van der Waals surface area (Å²) in [6.45, 7) is 3.14. The number of ether oxygens (including phenoxy) is 2. The molecule has 0 heterocycles. The van der Waals surface area contributed by atoms with Crippen molar-refractivity contribution >= 4 is 16.8 Å². The van der Waals surface area contributed by atoms with Crippen LogP contribution in [0.1, 0.15) is 42.4 Å². The topological polar surface area (TPSA) is 18.5 Å². The van der Waals surface area contributed by atoms with Crippen molar-refractivity contribution in [3.63, 3.8) is 0 Å². The Labute approximate surface area is 222 Å². The van der Waals surface area contributed by atoms with Crippen LogP contribution in [-0.2, 0) is 22.3 Å². The summed E-state index contributed by atoms with van der Waals surface area (Å²) in [4.78, 5) is 0. The first-order chi connectivity index (χ1) is 18.3. The van der Waals surface area contributed by atoms with Gasteiger partial charge in [-0.2, -0.15) is 0 Å². The van der Waals surface area contributed by atoms with Crippen LogP contribution in [-0.4, -0.2) is 26.4 Å². The van der Waals surface area contributed by atoms with Crippen LogP contribution in [0.15, 0.2) is 109 Å². The van der Waals surface area contributed by atoms with E-state index < -0.39 is 0 Å². The quantitative estimate of drug-likeness (QED) is 0.175. The van der Waals surface area contributed by atoms with Gasteiger partial charge in [-0.15, -0.1) is 0 Å². The lowest BCUT2D eigenvalue weighted by Crippen LogP contribution is -2.41. The number of fused-ring (bicyclic) bond motifs is 1. The Kier molecular flexibility index (Phi) is 8.84. The molecule has 0 aliphatic heterocycles. The molecule has 37 heavy (non-hydrogen) atoms. The molecule has 1 aliphatic rings. The van der Waals surface area contributed by atoms with Gasteiger partial charge in [-0.3, -0.25) is 0 Å². The third-order valence-corrected chi connectivity index (χ3v) is 7.40. The molecule has 5 rings (SSSR count). The first-order valence-electron chi connectivity index (χ1n) is 13.7. The third kappa shape index (κ3) is 7.19. The zero-order chi connectivity index (χ0) is 25.2. The van der Waals surface area contributed by atoms with Gasteiger partial charge in [0.1, 0.15) is 0 Å². The van der Waals surface area contributed by atoms with Crippen LogP contribution in [0.5, 0.6) is 0 Å².